The number of hydrogen-bond donors (Lipinski definition) is 1. The summed E-state index contributed by atoms with van der Waals surface area (Å²) in [5, 5.41) is 8.66. The Hall–Kier alpha value is -2.93. The molecule has 1 saturated carbocycles. The summed E-state index contributed by atoms with van der Waals surface area (Å²) in [7, 11) is 1.95. The lowest BCUT2D eigenvalue weighted by molar-refractivity contribution is 0.0923. The Morgan fingerprint density at radius 3 is 2.62 bits per heavy atom. The molecule has 1 aliphatic heterocycles. The van der Waals surface area contributed by atoms with Gasteiger partial charge in [-0.05, 0) is 30.5 Å². The molecule has 1 N–H and O–H groups in total. The molecule has 2 aromatic heterocycles. The van der Waals surface area contributed by atoms with E-state index in [1.807, 2.05) is 36.1 Å². The fourth-order valence-electron chi connectivity index (χ4n) is 4.98. The maximum atomic E-state index is 13.0. The molecule has 3 aromatic rings. The van der Waals surface area contributed by atoms with E-state index in [0.717, 1.165) is 56.5 Å². The van der Waals surface area contributed by atoms with Crippen LogP contribution in [0.5, 0.6) is 0 Å². The normalized spacial score (nSPS) is 18.2. The first-order chi connectivity index (χ1) is 15.7. The van der Waals surface area contributed by atoms with Gasteiger partial charge in [-0.1, -0.05) is 37.5 Å². The quantitative estimate of drug-likeness (QED) is 0.670. The predicted molar refractivity (Wildman–Crippen MR) is 127 cm³/mol. The Morgan fingerprint density at radius 1 is 1.09 bits per heavy atom. The van der Waals surface area contributed by atoms with Gasteiger partial charge in [-0.2, -0.15) is 5.10 Å². The number of anilines is 1. The second-order valence-electron chi connectivity index (χ2n) is 9.13. The lowest BCUT2D eigenvalue weighted by atomic mass is 9.95. The summed E-state index contributed by atoms with van der Waals surface area (Å²) in [4.78, 5) is 22.6. The fraction of sp³-hybridized carbons (Fsp3) is 0.480. The first-order valence-corrected chi connectivity index (χ1v) is 11.8. The van der Waals surface area contributed by atoms with Crippen LogP contribution in [0.15, 0.2) is 42.7 Å². The molecule has 0 radical (unpaired) electrons. The highest BCUT2D eigenvalue weighted by Crippen LogP contribution is 2.23. The molecule has 1 aliphatic carbocycles. The van der Waals surface area contributed by atoms with Crippen LogP contribution in [0.2, 0.25) is 0 Å². The van der Waals surface area contributed by atoms with Crippen LogP contribution in [0.1, 0.15) is 48.2 Å². The van der Waals surface area contributed by atoms with E-state index in [1.165, 1.54) is 30.5 Å². The summed E-state index contributed by atoms with van der Waals surface area (Å²) in [5.74, 6) is -0.0368. The zero-order valence-electron chi connectivity index (χ0n) is 18.8. The van der Waals surface area contributed by atoms with Crippen molar-refractivity contribution in [3.63, 3.8) is 0 Å². The summed E-state index contributed by atoms with van der Waals surface area (Å²) in [6.07, 6.45) is 9.84. The molecule has 3 heterocycles. The third-order valence-electron chi connectivity index (χ3n) is 6.80. The van der Waals surface area contributed by atoms with Crippen molar-refractivity contribution >= 4 is 22.5 Å². The van der Waals surface area contributed by atoms with Crippen LogP contribution in [-0.2, 0) is 13.6 Å². The van der Waals surface area contributed by atoms with Gasteiger partial charge < -0.3 is 10.2 Å². The molecule has 32 heavy (non-hydrogen) atoms. The van der Waals surface area contributed by atoms with Crippen LogP contribution >= 0.6 is 0 Å². The number of aryl methyl sites for hydroxylation is 1. The minimum Gasteiger partial charge on any atom is -0.366 e. The van der Waals surface area contributed by atoms with Gasteiger partial charge in [-0.15, -0.1) is 0 Å². The SMILES string of the molecule is Cn1cc(N2CCN(Cc3cc(C(=O)NC4CCCCC4)nc4ccccc34)CC2)cn1. The molecule has 5 rings (SSSR count). The predicted octanol–water partition coefficient (Wildman–Crippen LogP) is 3.35. The first kappa shape index (κ1) is 20.9. The van der Waals surface area contributed by atoms with E-state index in [9.17, 15) is 4.79 Å². The van der Waals surface area contributed by atoms with Gasteiger partial charge in [-0.25, -0.2) is 4.98 Å². The van der Waals surface area contributed by atoms with Gasteiger partial charge >= 0.3 is 0 Å². The number of pyridine rings is 1. The van der Waals surface area contributed by atoms with Crippen molar-refractivity contribution in [3.8, 4) is 0 Å². The highest BCUT2D eigenvalue weighted by atomic mass is 16.1. The third-order valence-corrected chi connectivity index (χ3v) is 6.80. The Balaban J connectivity index is 1.31. The molecule has 1 aromatic carbocycles. The molecular formula is C25H32N6O. The summed E-state index contributed by atoms with van der Waals surface area (Å²) in [5.41, 5.74) is 3.80. The van der Waals surface area contributed by atoms with Gasteiger partial charge in [-0.3, -0.25) is 14.4 Å². The summed E-state index contributed by atoms with van der Waals surface area (Å²) in [6.45, 7) is 4.74. The van der Waals surface area contributed by atoms with Gasteiger partial charge in [0.2, 0.25) is 0 Å². The minimum atomic E-state index is -0.0368. The number of nitrogens with one attached hydrogen (secondary N) is 1. The van der Waals surface area contributed by atoms with E-state index in [-0.39, 0.29) is 11.9 Å². The van der Waals surface area contributed by atoms with E-state index in [4.69, 9.17) is 4.98 Å². The maximum absolute atomic E-state index is 13.0. The topological polar surface area (TPSA) is 66.3 Å². The number of aromatic nitrogens is 3. The molecule has 1 saturated heterocycles. The van der Waals surface area contributed by atoms with Crippen LogP contribution < -0.4 is 10.2 Å². The molecule has 0 unspecified atom stereocenters. The first-order valence-electron chi connectivity index (χ1n) is 11.8. The largest absolute Gasteiger partial charge is 0.366 e. The van der Waals surface area contributed by atoms with Crippen molar-refractivity contribution < 1.29 is 4.79 Å². The summed E-state index contributed by atoms with van der Waals surface area (Å²) >= 11 is 0. The van der Waals surface area contributed by atoms with Crippen LogP contribution in [-0.4, -0.2) is 57.8 Å². The molecule has 0 spiro atoms. The summed E-state index contributed by atoms with van der Waals surface area (Å²) < 4.78 is 1.85. The molecular weight excluding hydrogens is 400 g/mol. The summed E-state index contributed by atoms with van der Waals surface area (Å²) in [6, 6.07) is 10.5. The molecule has 2 fully saturated rings. The zero-order valence-corrected chi connectivity index (χ0v) is 18.8. The molecule has 0 bridgehead atoms. The van der Waals surface area contributed by atoms with E-state index in [2.05, 4.69) is 38.5 Å². The number of rotatable bonds is 5. The smallest absolute Gasteiger partial charge is 0.270 e. The molecule has 7 heteroatoms. The minimum absolute atomic E-state index is 0.0368. The Labute approximate surface area is 189 Å². The monoisotopic (exact) mass is 432 g/mol. The number of carbonyl (C=O) groups excluding carboxylic acids is 1. The van der Waals surface area contributed by atoms with Gasteiger partial charge in [0.25, 0.3) is 5.91 Å². The number of amides is 1. The number of piperazine rings is 1. The van der Waals surface area contributed by atoms with Gasteiger partial charge in [0, 0.05) is 57.4 Å². The maximum Gasteiger partial charge on any atom is 0.270 e. The lowest BCUT2D eigenvalue weighted by Crippen LogP contribution is -2.46. The lowest BCUT2D eigenvalue weighted by Gasteiger charge is -2.35. The molecule has 7 nitrogen and oxygen atoms in total. The Bertz CT molecular complexity index is 1080. The second-order valence-corrected chi connectivity index (χ2v) is 9.13. The number of benzene rings is 1. The van der Waals surface area contributed by atoms with Crippen LogP contribution in [0.25, 0.3) is 10.9 Å². The third kappa shape index (κ3) is 4.63. The van der Waals surface area contributed by atoms with Crippen molar-refractivity contribution in [1.82, 2.24) is 25.0 Å². The van der Waals surface area contributed by atoms with Crippen molar-refractivity contribution in [2.75, 3.05) is 31.1 Å². The van der Waals surface area contributed by atoms with Crippen molar-refractivity contribution in [1.29, 1.82) is 0 Å². The number of nitrogens with zero attached hydrogens (tertiary/aromatic N) is 5. The fourth-order valence-corrected chi connectivity index (χ4v) is 4.98. The van der Waals surface area contributed by atoms with Crippen molar-refractivity contribution in [2.45, 2.75) is 44.7 Å². The number of fused-ring (bicyclic) bond motifs is 1. The molecule has 2 aliphatic rings. The second kappa shape index (κ2) is 9.28. The van der Waals surface area contributed by atoms with Gasteiger partial charge in [0.05, 0.1) is 17.4 Å². The van der Waals surface area contributed by atoms with Crippen LogP contribution in [0.3, 0.4) is 0 Å². The zero-order chi connectivity index (χ0) is 21.9. The van der Waals surface area contributed by atoms with Gasteiger partial charge in [0.15, 0.2) is 0 Å². The van der Waals surface area contributed by atoms with Crippen molar-refractivity contribution in [3.05, 3.63) is 54.0 Å². The van der Waals surface area contributed by atoms with E-state index >= 15 is 0 Å². The van der Waals surface area contributed by atoms with Gasteiger partial charge in [0.1, 0.15) is 5.69 Å². The number of hydrogen-bond acceptors (Lipinski definition) is 5. The number of para-hydroxylation sites is 1. The Morgan fingerprint density at radius 2 is 1.88 bits per heavy atom. The van der Waals surface area contributed by atoms with E-state index in [1.54, 1.807) is 0 Å². The average molecular weight is 433 g/mol. The highest BCUT2D eigenvalue weighted by molar-refractivity contribution is 5.96. The molecule has 168 valence electrons. The van der Waals surface area contributed by atoms with Crippen LogP contribution in [0, 0.1) is 0 Å². The molecule has 0 atom stereocenters. The average Bonchev–Trinajstić information content (AvgIpc) is 3.26. The van der Waals surface area contributed by atoms with E-state index < -0.39 is 0 Å². The van der Waals surface area contributed by atoms with E-state index in [0.29, 0.717) is 5.69 Å². The van der Waals surface area contributed by atoms with Crippen LogP contribution in [0.4, 0.5) is 5.69 Å². The Kier molecular flexibility index (Phi) is 6.08. The molecule has 1 amide bonds. The standard InChI is InChI=1S/C25H32N6O/c1-29-18-21(16-26-29)31-13-11-30(12-14-31)17-19-15-24(28-23-10-6-5-9-22(19)23)25(32)27-20-7-3-2-4-8-20/h5-6,9-10,15-16,18,20H,2-4,7-8,11-14,17H2,1H3,(H,27,32). The number of carbonyl (C=O) groups is 1. The highest BCUT2D eigenvalue weighted by Gasteiger charge is 2.21. The van der Waals surface area contributed by atoms with Crippen molar-refractivity contribution in [2.24, 2.45) is 7.05 Å².